The van der Waals surface area contributed by atoms with Crippen molar-refractivity contribution in [1.29, 1.82) is 0 Å². The Kier molecular flexibility index (Phi) is 3.71. The van der Waals surface area contributed by atoms with Crippen LogP contribution in [0.4, 0.5) is 0 Å². The van der Waals surface area contributed by atoms with Gasteiger partial charge in [0, 0.05) is 6.04 Å². The van der Waals surface area contributed by atoms with Crippen molar-refractivity contribution in [3.8, 4) is 11.5 Å². The molecule has 1 aromatic rings. The number of methoxy groups -OCH3 is 1. The number of hydrogen-bond acceptors (Lipinski definition) is 3. The Bertz CT molecular complexity index is 376. The number of ether oxygens (including phenoxy) is 1. The van der Waals surface area contributed by atoms with Crippen molar-refractivity contribution in [2.45, 2.75) is 25.3 Å². The Morgan fingerprint density at radius 3 is 2.88 bits per heavy atom. The average Bonchev–Trinajstić information content (AvgIpc) is 2.33. The average molecular weight is 286 g/mol. The van der Waals surface area contributed by atoms with Crippen LogP contribution in [0.5, 0.6) is 11.5 Å². The molecular weight excluding hydrogens is 270 g/mol. The van der Waals surface area contributed by atoms with Gasteiger partial charge in [-0.3, -0.25) is 0 Å². The standard InChI is InChI=1S/C12H16BrNO2/c1-16-11-7-8(6-9(13)12(11)15)10-4-2-3-5-14-10/h6-7,10,14-15H,2-5H2,1H3/t10-/m1/s1. The Morgan fingerprint density at radius 1 is 1.44 bits per heavy atom. The summed E-state index contributed by atoms with van der Waals surface area (Å²) in [6.45, 7) is 1.06. The monoisotopic (exact) mass is 285 g/mol. The molecule has 16 heavy (non-hydrogen) atoms. The number of aromatic hydroxyl groups is 1. The zero-order valence-electron chi connectivity index (χ0n) is 9.29. The Labute approximate surface area is 104 Å². The van der Waals surface area contributed by atoms with Gasteiger partial charge in [0.1, 0.15) is 0 Å². The van der Waals surface area contributed by atoms with Crippen molar-refractivity contribution in [1.82, 2.24) is 5.32 Å². The van der Waals surface area contributed by atoms with Crippen LogP contribution in [-0.4, -0.2) is 18.8 Å². The molecule has 3 nitrogen and oxygen atoms in total. The Balaban J connectivity index is 2.29. The van der Waals surface area contributed by atoms with Gasteiger partial charge in [0.2, 0.25) is 0 Å². The van der Waals surface area contributed by atoms with Crippen molar-refractivity contribution < 1.29 is 9.84 Å². The van der Waals surface area contributed by atoms with Crippen LogP contribution in [0.25, 0.3) is 0 Å². The molecule has 0 aromatic heterocycles. The summed E-state index contributed by atoms with van der Waals surface area (Å²) in [7, 11) is 1.57. The zero-order valence-corrected chi connectivity index (χ0v) is 10.9. The maximum absolute atomic E-state index is 9.73. The fourth-order valence-corrected chi connectivity index (χ4v) is 2.55. The zero-order chi connectivity index (χ0) is 11.5. The molecule has 1 aromatic carbocycles. The largest absolute Gasteiger partial charge is 0.503 e. The predicted octanol–water partition coefficient (Wildman–Crippen LogP) is 2.98. The topological polar surface area (TPSA) is 41.5 Å². The van der Waals surface area contributed by atoms with E-state index in [1.165, 1.54) is 18.4 Å². The second kappa shape index (κ2) is 5.06. The van der Waals surface area contributed by atoms with Crippen LogP contribution in [0, 0.1) is 0 Å². The maximum Gasteiger partial charge on any atom is 0.172 e. The summed E-state index contributed by atoms with van der Waals surface area (Å²) in [5.41, 5.74) is 1.17. The van der Waals surface area contributed by atoms with Crippen LogP contribution in [0.1, 0.15) is 30.9 Å². The smallest absolute Gasteiger partial charge is 0.172 e. The van der Waals surface area contributed by atoms with Crippen LogP contribution in [0.3, 0.4) is 0 Å². The summed E-state index contributed by atoms with van der Waals surface area (Å²) in [5.74, 6) is 0.693. The van der Waals surface area contributed by atoms with Gasteiger partial charge in [-0.2, -0.15) is 0 Å². The van der Waals surface area contributed by atoms with E-state index in [0.717, 1.165) is 13.0 Å². The van der Waals surface area contributed by atoms with Crippen molar-refractivity contribution in [3.05, 3.63) is 22.2 Å². The van der Waals surface area contributed by atoms with E-state index in [9.17, 15) is 5.11 Å². The highest BCUT2D eigenvalue weighted by Crippen LogP contribution is 2.38. The number of hydrogen-bond donors (Lipinski definition) is 2. The van der Waals surface area contributed by atoms with Gasteiger partial charge in [-0.05, 0) is 53.0 Å². The van der Waals surface area contributed by atoms with Gasteiger partial charge in [-0.1, -0.05) is 6.42 Å². The van der Waals surface area contributed by atoms with Gasteiger partial charge >= 0.3 is 0 Å². The third-order valence-electron chi connectivity index (χ3n) is 2.98. The van der Waals surface area contributed by atoms with E-state index in [2.05, 4.69) is 21.2 Å². The van der Waals surface area contributed by atoms with E-state index in [-0.39, 0.29) is 5.75 Å². The molecule has 0 unspecified atom stereocenters. The lowest BCUT2D eigenvalue weighted by atomic mass is 9.97. The Hall–Kier alpha value is -0.740. The highest BCUT2D eigenvalue weighted by molar-refractivity contribution is 9.10. The molecule has 1 saturated heterocycles. The summed E-state index contributed by atoms with van der Waals surface area (Å²) in [5, 5.41) is 13.2. The van der Waals surface area contributed by atoms with Gasteiger partial charge < -0.3 is 15.2 Å². The lowest BCUT2D eigenvalue weighted by molar-refractivity contribution is 0.367. The van der Waals surface area contributed by atoms with Gasteiger partial charge in [-0.25, -0.2) is 0 Å². The molecule has 2 rings (SSSR count). The molecule has 1 heterocycles. The first kappa shape index (κ1) is 11.7. The number of benzene rings is 1. The van der Waals surface area contributed by atoms with E-state index < -0.39 is 0 Å². The van der Waals surface area contributed by atoms with E-state index in [1.807, 2.05) is 12.1 Å². The van der Waals surface area contributed by atoms with Crippen LogP contribution in [-0.2, 0) is 0 Å². The molecular formula is C12H16BrNO2. The van der Waals surface area contributed by atoms with Crippen molar-refractivity contribution in [2.75, 3.05) is 13.7 Å². The minimum Gasteiger partial charge on any atom is -0.503 e. The van der Waals surface area contributed by atoms with Crippen molar-refractivity contribution in [3.63, 3.8) is 0 Å². The molecule has 0 spiro atoms. The first-order valence-corrected chi connectivity index (χ1v) is 6.31. The van der Waals surface area contributed by atoms with E-state index >= 15 is 0 Å². The Morgan fingerprint density at radius 2 is 2.25 bits per heavy atom. The van der Waals surface area contributed by atoms with Crippen molar-refractivity contribution in [2.24, 2.45) is 0 Å². The molecule has 0 bridgehead atoms. The second-order valence-corrected chi connectivity index (χ2v) is 4.91. The number of piperidine rings is 1. The minimum atomic E-state index is 0.169. The molecule has 1 aliphatic rings. The molecule has 88 valence electrons. The number of rotatable bonds is 2. The van der Waals surface area contributed by atoms with Crippen LogP contribution >= 0.6 is 15.9 Å². The fraction of sp³-hybridized carbons (Fsp3) is 0.500. The molecule has 1 fully saturated rings. The first-order chi connectivity index (χ1) is 7.72. The third kappa shape index (κ3) is 2.33. The quantitative estimate of drug-likeness (QED) is 0.878. The van der Waals surface area contributed by atoms with Gasteiger partial charge in [-0.15, -0.1) is 0 Å². The van der Waals surface area contributed by atoms with E-state index in [0.29, 0.717) is 16.3 Å². The number of nitrogens with one attached hydrogen (secondary N) is 1. The fourth-order valence-electron chi connectivity index (χ4n) is 2.09. The van der Waals surface area contributed by atoms with Crippen LogP contribution in [0.15, 0.2) is 16.6 Å². The highest BCUT2D eigenvalue weighted by Gasteiger charge is 2.18. The third-order valence-corrected chi connectivity index (χ3v) is 3.59. The molecule has 4 heteroatoms. The van der Waals surface area contributed by atoms with Gasteiger partial charge in [0.25, 0.3) is 0 Å². The predicted molar refractivity (Wildman–Crippen MR) is 67.0 cm³/mol. The molecule has 0 amide bonds. The molecule has 2 N–H and O–H groups in total. The highest BCUT2D eigenvalue weighted by atomic mass is 79.9. The normalized spacial score (nSPS) is 20.8. The van der Waals surface area contributed by atoms with Crippen molar-refractivity contribution >= 4 is 15.9 Å². The summed E-state index contributed by atoms with van der Waals surface area (Å²) >= 11 is 3.35. The summed E-state index contributed by atoms with van der Waals surface area (Å²) < 4.78 is 5.84. The SMILES string of the molecule is COc1cc([C@H]2CCCCN2)cc(Br)c1O. The molecule has 0 saturated carbocycles. The van der Waals surface area contributed by atoms with E-state index in [1.54, 1.807) is 7.11 Å². The first-order valence-electron chi connectivity index (χ1n) is 5.52. The molecule has 0 radical (unpaired) electrons. The second-order valence-electron chi connectivity index (χ2n) is 4.06. The summed E-state index contributed by atoms with van der Waals surface area (Å²) in [6.07, 6.45) is 3.63. The lowest BCUT2D eigenvalue weighted by Crippen LogP contribution is -2.26. The minimum absolute atomic E-state index is 0.169. The maximum atomic E-state index is 9.73. The number of halogens is 1. The van der Waals surface area contributed by atoms with E-state index in [4.69, 9.17) is 4.74 Å². The number of phenols is 1. The van der Waals surface area contributed by atoms with Gasteiger partial charge in [0.05, 0.1) is 11.6 Å². The molecule has 1 atom stereocenters. The summed E-state index contributed by atoms with van der Waals surface area (Å²) in [6, 6.07) is 4.24. The number of phenolic OH excluding ortho intramolecular Hbond substituents is 1. The van der Waals surface area contributed by atoms with Crippen LogP contribution < -0.4 is 10.1 Å². The molecule has 0 aliphatic carbocycles. The lowest BCUT2D eigenvalue weighted by Gasteiger charge is -2.24. The van der Waals surface area contributed by atoms with Gasteiger partial charge in [0.15, 0.2) is 11.5 Å². The molecule has 1 aliphatic heterocycles. The van der Waals surface area contributed by atoms with Crippen LogP contribution in [0.2, 0.25) is 0 Å². The summed E-state index contributed by atoms with van der Waals surface area (Å²) in [4.78, 5) is 0.